The van der Waals surface area contributed by atoms with Crippen LogP contribution >= 0.6 is 0 Å². The van der Waals surface area contributed by atoms with Crippen LogP contribution in [0.15, 0.2) is 11.6 Å². The first-order chi connectivity index (χ1) is 6.14. The van der Waals surface area contributed by atoms with Gasteiger partial charge in [0.25, 0.3) is 0 Å². The van der Waals surface area contributed by atoms with Crippen molar-refractivity contribution in [3.63, 3.8) is 0 Å². The number of esters is 1. The first-order valence-electron chi connectivity index (χ1n) is 4.44. The van der Waals surface area contributed by atoms with Crippen molar-refractivity contribution in [2.45, 2.75) is 31.8 Å². The van der Waals surface area contributed by atoms with Gasteiger partial charge in [-0.2, -0.15) is 0 Å². The lowest BCUT2D eigenvalue weighted by Crippen LogP contribution is -2.42. The summed E-state index contributed by atoms with van der Waals surface area (Å²) in [7, 11) is 2.96. The lowest BCUT2D eigenvalue weighted by Gasteiger charge is -2.31. The van der Waals surface area contributed by atoms with E-state index in [-0.39, 0.29) is 5.97 Å². The normalized spacial score (nSPS) is 28.1. The van der Waals surface area contributed by atoms with E-state index in [0.717, 1.165) is 12.8 Å². The zero-order chi connectivity index (χ0) is 9.90. The molecule has 0 amide bonds. The first-order valence-corrected chi connectivity index (χ1v) is 4.44. The molecule has 1 unspecified atom stereocenters. The van der Waals surface area contributed by atoms with Crippen LogP contribution in [0.4, 0.5) is 0 Å². The molecule has 0 aromatic heterocycles. The van der Waals surface area contributed by atoms with Crippen LogP contribution in [0.25, 0.3) is 0 Å². The highest BCUT2D eigenvalue weighted by Crippen LogP contribution is 2.31. The number of carbonyl (C=O) groups is 1. The summed E-state index contributed by atoms with van der Waals surface area (Å²) in [4.78, 5) is 11.5. The molecule has 1 aliphatic carbocycles. The predicted molar refractivity (Wildman–Crippen MR) is 49.4 cm³/mol. The molecule has 1 rings (SSSR count). The van der Waals surface area contributed by atoms with Crippen molar-refractivity contribution in [1.82, 2.24) is 0 Å². The van der Waals surface area contributed by atoms with E-state index in [9.17, 15) is 4.79 Å². The van der Waals surface area contributed by atoms with Crippen LogP contribution in [0.2, 0.25) is 0 Å². The number of carbonyl (C=O) groups excluding carboxylic acids is 1. The van der Waals surface area contributed by atoms with Crippen molar-refractivity contribution >= 4 is 5.97 Å². The fraction of sp³-hybridized carbons (Fsp3) is 0.700. The highest BCUT2D eigenvalue weighted by atomic mass is 16.6. The van der Waals surface area contributed by atoms with Crippen molar-refractivity contribution in [3.8, 4) is 0 Å². The van der Waals surface area contributed by atoms with Gasteiger partial charge < -0.3 is 9.47 Å². The van der Waals surface area contributed by atoms with E-state index in [0.29, 0.717) is 6.42 Å². The summed E-state index contributed by atoms with van der Waals surface area (Å²) >= 11 is 0. The van der Waals surface area contributed by atoms with Crippen LogP contribution < -0.4 is 0 Å². The standard InChI is InChI=1S/C10H16O3/c1-8-4-6-10(13-3,7-5-8)9(11)12-2/h4H,5-7H2,1-3H3. The van der Waals surface area contributed by atoms with Crippen LogP contribution in [0.5, 0.6) is 0 Å². The van der Waals surface area contributed by atoms with Gasteiger partial charge >= 0.3 is 5.97 Å². The van der Waals surface area contributed by atoms with Gasteiger partial charge in [0, 0.05) is 13.5 Å². The van der Waals surface area contributed by atoms with Crippen LogP contribution in [-0.2, 0) is 14.3 Å². The van der Waals surface area contributed by atoms with E-state index in [1.165, 1.54) is 12.7 Å². The summed E-state index contributed by atoms with van der Waals surface area (Å²) in [6, 6.07) is 0. The van der Waals surface area contributed by atoms with E-state index in [4.69, 9.17) is 9.47 Å². The topological polar surface area (TPSA) is 35.5 Å². The third-order valence-corrected chi connectivity index (χ3v) is 2.65. The fourth-order valence-corrected chi connectivity index (χ4v) is 1.58. The summed E-state index contributed by atoms with van der Waals surface area (Å²) in [6.45, 7) is 2.07. The van der Waals surface area contributed by atoms with Crippen LogP contribution in [0, 0.1) is 0 Å². The molecule has 1 aliphatic rings. The van der Waals surface area contributed by atoms with Crippen molar-refractivity contribution in [2.75, 3.05) is 14.2 Å². The first kappa shape index (κ1) is 10.3. The van der Waals surface area contributed by atoms with E-state index < -0.39 is 5.60 Å². The maximum absolute atomic E-state index is 11.5. The third kappa shape index (κ3) is 1.91. The SMILES string of the molecule is COC(=O)C1(OC)CC=C(C)CC1. The molecule has 0 saturated carbocycles. The Morgan fingerprint density at radius 3 is 2.62 bits per heavy atom. The molecular weight excluding hydrogens is 168 g/mol. The quantitative estimate of drug-likeness (QED) is 0.484. The largest absolute Gasteiger partial charge is 0.467 e. The summed E-state index contributed by atoms with van der Waals surface area (Å²) in [5.74, 6) is -0.265. The Kier molecular flexibility index (Phi) is 3.09. The zero-order valence-electron chi connectivity index (χ0n) is 8.42. The fourth-order valence-electron chi connectivity index (χ4n) is 1.58. The van der Waals surface area contributed by atoms with Crippen LogP contribution in [0.3, 0.4) is 0 Å². The van der Waals surface area contributed by atoms with Crippen molar-refractivity contribution in [2.24, 2.45) is 0 Å². The molecule has 74 valence electrons. The van der Waals surface area contributed by atoms with Gasteiger partial charge in [-0.25, -0.2) is 4.79 Å². The third-order valence-electron chi connectivity index (χ3n) is 2.65. The zero-order valence-corrected chi connectivity index (χ0v) is 8.42. The Morgan fingerprint density at radius 1 is 1.54 bits per heavy atom. The van der Waals surface area contributed by atoms with Gasteiger partial charge in [0.2, 0.25) is 0 Å². The molecule has 3 nitrogen and oxygen atoms in total. The number of hydrogen-bond donors (Lipinski definition) is 0. The Hall–Kier alpha value is -0.830. The minimum atomic E-state index is -0.728. The van der Waals surface area contributed by atoms with Crippen LogP contribution in [0.1, 0.15) is 26.2 Å². The summed E-state index contributed by atoms with van der Waals surface area (Å²) in [5, 5.41) is 0. The Bertz CT molecular complexity index is 232. The summed E-state index contributed by atoms with van der Waals surface area (Å²) < 4.78 is 9.99. The molecule has 0 aliphatic heterocycles. The highest BCUT2D eigenvalue weighted by Gasteiger charge is 2.40. The van der Waals surface area contributed by atoms with Crippen LogP contribution in [-0.4, -0.2) is 25.8 Å². The average molecular weight is 184 g/mol. The smallest absolute Gasteiger partial charge is 0.338 e. The van der Waals surface area contributed by atoms with Gasteiger partial charge in [-0.05, 0) is 19.8 Å². The van der Waals surface area contributed by atoms with E-state index >= 15 is 0 Å². The van der Waals surface area contributed by atoms with Crippen molar-refractivity contribution in [1.29, 1.82) is 0 Å². The molecule has 0 saturated heterocycles. The second-order valence-corrected chi connectivity index (χ2v) is 3.44. The van der Waals surface area contributed by atoms with E-state index in [2.05, 4.69) is 6.92 Å². The van der Waals surface area contributed by atoms with Gasteiger partial charge in [0.05, 0.1) is 7.11 Å². The van der Waals surface area contributed by atoms with Gasteiger partial charge in [-0.1, -0.05) is 11.6 Å². The second-order valence-electron chi connectivity index (χ2n) is 3.44. The molecular formula is C10H16O3. The van der Waals surface area contributed by atoms with Gasteiger partial charge in [0.1, 0.15) is 0 Å². The minimum Gasteiger partial charge on any atom is -0.467 e. The molecule has 0 aromatic carbocycles. The number of rotatable bonds is 2. The number of hydrogen-bond acceptors (Lipinski definition) is 3. The molecule has 1 atom stereocenters. The monoisotopic (exact) mass is 184 g/mol. The maximum atomic E-state index is 11.5. The molecule has 0 spiro atoms. The van der Waals surface area contributed by atoms with Gasteiger partial charge in [-0.3, -0.25) is 0 Å². The number of ether oxygens (including phenoxy) is 2. The summed E-state index contributed by atoms with van der Waals surface area (Å²) in [6.07, 6.45) is 4.30. The van der Waals surface area contributed by atoms with E-state index in [1.54, 1.807) is 7.11 Å². The van der Waals surface area contributed by atoms with Gasteiger partial charge in [-0.15, -0.1) is 0 Å². The maximum Gasteiger partial charge on any atom is 0.338 e. The highest BCUT2D eigenvalue weighted by molar-refractivity contribution is 5.80. The average Bonchev–Trinajstić information content (AvgIpc) is 2.18. The molecule has 0 N–H and O–H groups in total. The van der Waals surface area contributed by atoms with E-state index in [1.807, 2.05) is 6.08 Å². The molecule has 13 heavy (non-hydrogen) atoms. The molecule has 0 fully saturated rings. The molecule has 0 heterocycles. The number of methoxy groups -OCH3 is 2. The minimum absolute atomic E-state index is 0.265. The van der Waals surface area contributed by atoms with Crippen molar-refractivity contribution in [3.05, 3.63) is 11.6 Å². The lowest BCUT2D eigenvalue weighted by atomic mass is 9.86. The predicted octanol–water partition coefficient (Wildman–Crippen LogP) is 1.67. The Morgan fingerprint density at radius 2 is 2.23 bits per heavy atom. The Balaban J connectivity index is 2.78. The molecule has 0 radical (unpaired) electrons. The summed E-state index contributed by atoms with van der Waals surface area (Å²) in [5.41, 5.74) is 0.588. The van der Waals surface area contributed by atoms with Gasteiger partial charge in [0.15, 0.2) is 5.60 Å². The second kappa shape index (κ2) is 3.92. The molecule has 0 bridgehead atoms. The van der Waals surface area contributed by atoms with Crippen molar-refractivity contribution < 1.29 is 14.3 Å². The molecule has 3 heteroatoms. The number of allylic oxidation sites excluding steroid dienone is 1. The molecule has 0 aromatic rings. The lowest BCUT2D eigenvalue weighted by molar-refractivity contribution is -0.167. The Labute approximate surface area is 78.7 Å².